The molecule has 0 saturated carbocycles. The van der Waals surface area contributed by atoms with Gasteiger partial charge in [-0.25, -0.2) is 0 Å². The Labute approximate surface area is 125 Å². The molecule has 1 atom stereocenters. The van der Waals surface area contributed by atoms with Gasteiger partial charge < -0.3 is 4.90 Å². The van der Waals surface area contributed by atoms with Crippen molar-refractivity contribution < 1.29 is 4.79 Å². The quantitative estimate of drug-likeness (QED) is 0.609. The van der Waals surface area contributed by atoms with Crippen LogP contribution >= 0.6 is 11.6 Å². The smallest absolute Gasteiger partial charge is 0.210 e. The van der Waals surface area contributed by atoms with Crippen LogP contribution in [0, 0.1) is 0 Å². The van der Waals surface area contributed by atoms with E-state index in [-0.39, 0.29) is 6.04 Å². The second-order valence-electron chi connectivity index (χ2n) is 5.78. The highest BCUT2D eigenvalue weighted by atomic mass is 35.5. The average molecular weight is 290 g/mol. The molecule has 0 fully saturated rings. The normalized spacial score (nSPS) is 22.6. The van der Waals surface area contributed by atoms with E-state index in [0.717, 1.165) is 37.2 Å². The van der Waals surface area contributed by atoms with Crippen molar-refractivity contribution in [1.29, 1.82) is 0 Å². The molecule has 1 unspecified atom stereocenters. The first-order valence-electron chi connectivity index (χ1n) is 7.44. The predicted molar refractivity (Wildman–Crippen MR) is 81.8 cm³/mol. The van der Waals surface area contributed by atoms with Crippen molar-refractivity contribution in [3.8, 4) is 0 Å². The Kier molecular flexibility index (Phi) is 4.11. The number of amides is 1. The molecule has 0 spiro atoms. The molecular formula is C17H20ClNO. The molecular weight excluding hydrogens is 270 g/mol. The molecule has 0 N–H and O–H groups in total. The fraction of sp³-hybridized carbons (Fsp3) is 0.471. The van der Waals surface area contributed by atoms with Crippen LogP contribution in [0.2, 0.25) is 5.02 Å². The van der Waals surface area contributed by atoms with Gasteiger partial charge in [-0.05, 0) is 61.8 Å². The lowest BCUT2D eigenvalue weighted by Gasteiger charge is -2.39. The highest BCUT2D eigenvalue weighted by Gasteiger charge is 2.29. The molecule has 2 nitrogen and oxygen atoms in total. The minimum atomic E-state index is 0.262. The first-order chi connectivity index (χ1) is 9.78. The minimum Gasteiger partial charge on any atom is -0.338 e. The van der Waals surface area contributed by atoms with Gasteiger partial charge in [0.1, 0.15) is 0 Å². The van der Waals surface area contributed by atoms with E-state index in [1.165, 1.54) is 30.4 Å². The van der Waals surface area contributed by atoms with E-state index >= 15 is 0 Å². The average Bonchev–Trinajstić information content (AvgIpc) is 2.50. The molecule has 0 radical (unpaired) electrons. The van der Waals surface area contributed by atoms with Gasteiger partial charge in [0.05, 0.1) is 6.04 Å². The lowest BCUT2D eigenvalue weighted by molar-refractivity contribution is -0.119. The van der Waals surface area contributed by atoms with Crippen LogP contribution < -0.4 is 0 Å². The molecule has 1 aromatic carbocycles. The van der Waals surface area contributed by atoms with Crippen LogP contribution in [0.5, 0.6) is 0 Å². The summed E-state index contributed by atoms with van der Waals surface area (Å²) in [7, 11) is 0. The third kappa shape index (κ3) is 2.76. The van der Waals surface area contributed by atoms with E-state index in [0.29, 0.717) is 0 Å². The fourth-order valence-electron chi connectivity index (χ4n) is 3.51. The zero-order chi connectivity index (χ0) is 13.9. The number of halogens is 1. The van der Waals surface area contributed by atoms with E-state index in [4.69, 9.17) is 11.6 Å². The first kappa shape index (κ1) is 13.7. The summed E-state index contributed by atoms with van der Waals surface area (Å²) in [6.07, 6.45) is 7.99. The summed E-state index contributed by atoms with van der Waals surface area (Å²) in [4.78, 5) is 13.4. The van der Waals surface area contributed by atoms with Crippen molar-refractivity contribution >= 4 is 18.0 Å². The molecule has 1 amide bonds. The third-order valence-electron chi connectivity index (χ3n) is 4.58. The lowest BCUT2D eigenvalue weighted by atomic mass is 9.80. The molecule has 3 heteroatoms. The molecule has 20 heavy (non-hydrogen) atoms. The summed E-state index contributed by atoms with van der Waals surface area (Å²) >= 11 is 5.95. The Morgan fingerprint density at radius 1 is 1.15 bits per heavy atom. The van der Waals surface area contributed by atoms with E-state index < -0.39 is 0 Å². The van der Waals surface area contributed by atoms with Crippen LogP contribution in [0.3, 0.4) is 0 Å². The van der Waals surface area contributed by atoms with Crippen molar-refractivity contribution in [3.05, 3.63) is 46.0 Å². The monoisotopic (exact) mass is 289 g/mol. The Balaban J connectivity index is 1.86. The van der Waals surface area contributed by atoms with E-state index in [1.54, 1.807) is 5.57 Å². The summed E-state index contributed by atoms with van der Waals surface area (Å²) < 4.78 is 0. The molecule has 2 aliphatic rings. The van der Waals surface area contributed by atoms with E-state index in [2.05, 4.69) is 12.1 Å². The van der Waals surface area contributed by atoms with E-state index in [9.17, 15) is 4.79 Å². The first-order valence-corrected chi connectivity index (χ1v) is 7.82. The number of rotatable bonds is 3. The SMILES string of the molecule is O=CN1CCC2=C(CCCC2)C1Cc1ccc(Cl)cc1. The maximum Gasteiger partial charge on any atom is 0.210 e. The van der Waals surface area contributed by atoms with Gasteiger partial charge in [-0.15, -0.1) is 0 Å². The highest BCUT2D eigenvalue weighted by molar-refractivity contribution is 6.30. The van der Waals surface area contributed by atoms with Gasteiger partial charge in [0, 0.05) is 11.6 Å². The molecule has 1 aliphatic carbocycles. The van der Waals surface area contributed by atoms with E-state index in [1.807, 2.05) is 17.0 Å². The number of carbonyl (C=O) groups excluding carboxylic acids is 1. The Morgan fingerprint density at radius 2 is 1.90 bits per heavy atom. The fourth-order valence-corrected chi connectivity index (χ4v) is 3.64. The van der Waals surface area contributed by atoms with Crippen LogP contribution in [0.1, 0.15) is 37.7 Å². The Hall–Kier alpha value is -1.28. The molecule has 1 heterocycles. The van der Waals surface area contributed by atoms with Gasteiger partial charge in [0.2, 0.25) is 6.41 Å². The van der Waals surface area contributed by atoms with Crippen LogP contribution in [0.25, 0.3) is 0 Å². The van der Waals surface area contributed by atoms with Crippen LogP contribution in [-0.2, 0) is 11.2 Å². The summed E-state index contributed by atoms with van der Waals surface area (Å²) in [5.41, 5.74) is 4.41. The highest BCUT2D eigenvalue weighted by Crippen LogP contribution is 2.35. The van der Waals surface area contributed by atoms with Crippen molar-refractivity contribution in [3.63, 3.8) is 0 Å². The molecule has 0 bridgehead atoms. The summed E-state index contributed by atoms with van der Waals surface area (Å²) in [5.74, 6) is 0. The molecule has 0 aromatic heterocycles. The second-order valence-corrected chi connectivity index (χ2v) is 6.21. The number of hydrogen-bond donors (Lipinski definition) is 0. The summed E-state index contributed by atoms with van der Waals surface area (Å²) in [6, 6.07) is 8.27. The van der Waals surface area contributed by atoms with Crippen LogP contribution in [0.15, 0.2) is 35.4 Å². The number of carbonyl (C=O) groups is 1. The second kappa shape index (κ2) is 6.01. The lowest BCUT2D eigenvalue weighted by Crippen LogP contribution is -2.42. The van der Waals surface area contributed by atoms with Crippen molar-refractivity contribution in [2.24, 2.45) is 0 Å². The van der Waals surface area contributed by atoms with Gasteiger partial charge in [-0.3, -0.25) is 4.79 Å². The topological polar surface area (TPSA) is 20.3 Å². The van der Waals surface area contributed by atoms with Gasteiger partial charge in [-0.2, -0.15) is 0 Å². The Bertz CT molecular complexity index is 520. The maximum absolute atomic E-state index is 11.4. The summed E-state index contributed by atoms with van der Waals surface area (Å²) in [5, 5.41) is 0.766. The minimum absolute atomic E-state index is 0.262. The molecule has 1 aromatic rings. The maximum atomic E-state index is 11.4. The van der Waals surface area contributed by atoms with Gasteiger partial charge in [0.15, 0.2) is 0 Å². The standard InChI is InChI=1S/C17H20ClNO/c18-15-7-5-13(6-8-15)11-17-16-4-2-1-3-14(16)9-10-19(17)12-20/h5-8,12,17H,1-4,9-11H2. The number of hydrogen-bond acceptors (Lipinski definition) is 1. The number of nitrogens with zero attached hydrogens (tertiary/aromatic N) is 1. The van der Waals surface area contributed by atoms with Crippen LogP contribution in [-0.4, -0.2) is 23.9 Å². The largest absolute Gasteiger partial charge is 0.338 e. The molecule has 1 aliphatic heterocycles. The molecule has 106 valence electrons. The zero-order valence-electron chi connectivity index (χ0n) is 11.6. The predicted octanol–water partition coefficient (Wildman–Crippen LogP) is 3.98. The van der Waals surface area contributed by atoms with Crippen molar-refractivity contribution in [2.45, 2.75) is 44.6 Å². The van der Waals surface area contributed by atoms with Gasteiger partial charge >= 0.3 is 0 Å². The van der Waals surface area contributed by atoms with Gasteiger partial charge in [0.25, 0.3) is 0 Å². The zero-order valence-corrected chi connectivity index (χ0v) is 12.4. The molecule has 0 saturated heterocycles. The van der Waals surface area contributed by atoms with Crippen LogP contribution in [0.4, 0.5) is 0 Å². The third-order valence-corrected chi connectivity index (χ3v) is 4.83. The molecule has 3 rings (SSSR count). The van der Waals surface area contributed by atoms with Crippen molar-refractivity contribution in [2.75, 3.05) is 6.54 Å². The summed E-state index contributed by atoms with van der Waals surface area (Å²) in [6.45, 7) is 0.876. The Morgan fingerprint density at radius 3 is 2.65 bits per heavy atom. The van der Waals surface area contributed by atoms with Gasteiger partial charge in [-0.1, -0.05) is 29.3 Å². The number of benzene rings is 1. The van der Waals surface area contributed by atoms with Crippen molar-refractivity contribution in [1.82, 2.24) is 4.90 Å².